The molecule has 29 heavy (non-hydrogen) atoms. The minimum Gasteiger partial charge on any atom is -0.450 e. The zero-order valence-corrected chi connectivity index (χ0v) is 17.9. The van der Waals surface area contributed by atoms with Gasteiger partial charge in [-0.25, -0.2) is 4.79 Å². The number of hydrogen-bond donors (Lipinski definition) is 2. The maximum Gasteiger partial charge on any atom is 0.409 e. The fourth-order valence-corrected chi connectivity index (χ4v) is 3.17. The molecule has 0 unspecified atom stereocenters. The van der Waals surface area contributed by atoms with Crippen LogP contribution in [0.15, 0.2) is 29.3 Å². The van der Waals surface area contributed by atoms with Crippen LogP contribution in [0, 0.1) is 5.92 Å². The van der Waals surface area contributed by atoms with Crippen molar-refractivity contribution in [1.29, 1.82) is 0 Å². The average Bonchev–Trinajstić information content (AvgIpc) is 2.68. The van der Waals surface area contributed by atoms with Crippen LogP contribution in [0.1, 0.15) is 32.8 Å². The molecule has 0 radical (unpaired) electrons. The molecule has 0 aliphatic carbocycles. The quantitative estimate of drug-likeness (QED) is 0.563. The lowest BCUT2D eigenvalue weighted by molar-refractivity contribution is -0.116. The molecular formula is C21H33N5O3. The lowest BCUT2D eigenvalue weighted by Crippen LogP contribution is -2.53. The first-order valence-corrected chi connectivity index (χ1v) is 10.2. The van der Waals surface area contributed by atoms with Gasteiger partial charge in [0.15, 0.2) is 5.96 Å². The number of piperazine rings is 1. The van der Waals surface area contributed by atoms with Gasteiger partial charge in [0.2, 0.25) is 5.91 Å². The van der Waals surface area contributed by atoms with Crippen LogP contribution in [0.5, 0.6) is 0 Å². The Balaban J connectivity index is 1.86. The maximum absolute atomic E-state index is 12.0. The second-order valence-corrected chi connectivity index (χ2v) is 7.42. The van der Waals surface area contributed by atoms with Crippen LogP contribution in [-0.2, 0) is 16.1 Å². The number of carbonyl (C=O) groups is 2. The van der Waals surface area contributed by atoms with Crippen LogP contribution in [0.4, 0.5) is 10.5 Å². The molecule has 2 N–H and O–H groups in total. The van der Waals surface area contributed by atoms with E-state index in [4.69, 9.17) is 4.74 Å². The number of anilines is 1. The van der Waals surface area contributed by atoms with E-state index in [0.29, 0.717) is 51.7 Å². The van der Waals surface area contributed by atoms with Crippen molar-refractivity contribution in [1.82, 2.24) is 15.1 Å². The number of guanidine groups is 1. The third kappa shape index (κ3) is 7.29. The normalized spacial score (nSPS) is 14.7. The van der Waals surface area contributed by atoms with Gasteiger partial charge in [-0.05, 0) is 30.5 Å². The number of rotatable bonds is 6. The Morgan fingerprint density at radius 1 is 1.17 bits per heavy atom. The summed E-state index contributed by atoms with van der Waals surface area (Å²) in [4.78, 5) is 32.0. The van der Waals surface area contributed by atoms with Crippen molar-refractivity contribution in [2.75, 3.05) is 45.2 Å². The number of amides is 2. The van der Waals surface area contributed by atoms with Gasteiger partial charge in [-0.15, -0.1) is 0 Å². The largest absolute Gasteiger partial charge is 0.450 e. The number of carbonyl (C=O) groups excluding carboxylic acids is 2. The summed E-state index contributed by atoms with van der Waals surface area (Å²) in [6.07, 6.45) is 0.249. The zero-order chi connectivity index (χ0) is 21.2. The van der Waals surface area contributed by atoms with Crippen LogP contribution in [-0.4, -0.2) is 67.6 Å². The lowest BCUT2D eigenvalue weighted by atomic mass is 10.1. The highest BCUT2D eigenvalue weighted by atomic mass is 16.6. The first-order valence-electron chi connectivity index (χ1n) is 10.2. The van der Waals surface area contributed by atoms with Gasteiger partial charge in [0.1, 0.15) is 0 Å². The Bertz CT molecular complexity index is 712. The predicted molar refractivity (Wildman–Crippen MR) is 115 cm³/mol. The predicted octanol–water partition coefficient (Wildman–Crippen LogP) is 2.52. The summed E-state index contributed by atoms with van der Waals surface area (Å²) in [7, 11) is 1.75. The van der Waals surface area contributed by atoms with E-state index in [1.807, 2.05) is 45.0 Å². The van der Waals surface area contributed by atoms with Crippen molar-refractivity contribution in [2.45, 2.75) is 33.7 Å². The number of hydrogen-bond acceptors (Lipinski definition) is 4. The Hall–Kier alpha value is -2.77. The minimum absolute atomic E-state index is 0.0281. The molecule has 1 aromatic carbocycles. The van der Waals surface area contributed by atoms with Gasteiger partial charge < -0.3 is 25.2 Å². The average molecular weight is 404 g/mol. The summed E-state index contributed by atoms with van der Waals surface area (Å²) < 4.78 is 5.06. The molecule has 1 aliphatic rings. The van der Waals surface area contributed by atoms with E-state index in [2.05, 4.69) is 20.5 Å². The molecule has 0 aromatic heterocycles. The van der Waals surface area contributed by atoms with E-state index in [9.17, 15) is 9.59 Å². The monoisotopic (exact) mass is 403 g/mol. The van der Waals surface area contributed by atoms with E-state index in [1.165, 1.54) is 0 Å². The van der Waals surface area contributed by atoms with Crippen molar-refractivity contribution >= 4 is 23.6 Å². The third-order valence-electron chi connectivity index (χ3n) is 4.57. The van der Waals surface area contributed by atoms with Crippen molar-refractivity contribution in [3.63, 3.8) is 0 Å². The number of nitrogens with zero attached hydrogens (tertiary/aromatic N) is 3. The Morgan fingerprint density at radius 3 is 2.48 bits per heavy atom. The van der Waals surface area contributed by atoms with Gasteiger partial charge in [0, 0.05) is 51.9 Å². The van der Waals surface area contributed by atoms with E-state index >= 15 is 0 Å². The molecule has 8 heteroatoms. The molecule has 160 valence electrons. The standard InChI is InChI=1S/C21H33N5O3/c1-5-29-21(28)26-11-9-25(10-12-26)20(22-4)23-15-17-7-6-8-18(14-17)24-19(27)13-16(2)3/h6-8,14,16H,5,9-13,15H2,1-4H3,(H,22,23)(H,24,27). The van der Waals surface area contributed by atoms with E-state index in [0.717, 1.165) is 17.2 Å². The van der Waals surface area contributed by atoms with Crippen molar-refractivity contribution in [3.05, 3.63) is 29.8 Å². The van der Waals surface area contributed by atoms with Gasteiger partial charge in [0.05, 0.1) is 6.61 Å². The van der Waals surface area contributed by atoms with Gasteiger partial charge in [-0.2, -0.15) is 0 Å². The van der Waals surface area contributed by atoms with Crippen molar-refractivity contribution in [2.24, 2.45) is 10.9 Å². The molecule has 2 amide bonds. The van der Waals surface area contributed by atoms with Crippen LogP contribution in [0.25, 0.3) is 0 Å². The fraction of sp³-hybridized carbons (Fsp3) is 0.571. The summed E-state index contributed by atoms with van der Waals surface area (Å²) in [6, 6.07) is 7.81. The Kier molecular flexibility index (Phi) is 8.76. The molecule has 0 bridgehead atoms. The zero-order valence-electron chi connectivity index (χ0n) is 17.9. The second kappa shape index (κ2) is 11.3. The summed E-state index contributed by atoms with van der Waals surface area (Å²) in [5.74, 6) is 1.15. The number of ether oxygens (including phenoxy) is 1. The second-order valence-electron chi connectivity index (χ2n) is 7.42. The molecule has 1 fully saturated rings. The topological polar surface area (TPSA) is 86.3 Å². The fourth-order valence-electron chi connectivity index (χ4n) is 3.17. The van der Waals surface area contributed by atoms with Crippen molar-refractivity contribution in [3.8, 4) is 0 Å². The molecule has 1 heterocycles. The summed E-state index contributed by atoms with van der Waals surface area (Å²) in [5.41, 5.74) is 1.85. The van der Waals surface area contributed by atoms with Crippen LogP contribution in [0.3, 0.4) is 0 Å². The Labute approximate surface area is 173 Å². The highest BCUT2D eigenvalue weighted by Crippen LogP contribution is 2.12. The SMILES string of the molecule is CCOC(=O)N1CCN(C(=NC)NCc2cccc(NC(=O)CC(C)C)c2)CC1. The number of nitrogens with one attached hydrogen (secondary N) is 2. The molecule has 1 aromatic rings. The third-order valence-corrected chi connectivity index (χ3v) is 4.57. The summed E-state index contributed by atoms with van der Waals surface area (Å²) in [6.45, 7) is 9.46. The molecule has 1 aliphatic heterocycles. The highest BCUT2D eigenvalue weighted by Gasteiger charge is 2.23. The van der Waals surface area contributed by atoms with E-state index in [-0.39, 0.29) is 12.0 Å². The maximum atomic E-state index is 12.0. The van der Waals surface area contributed by atoms with Crippen LogP contribution < -0.4 is 10.6 Å². The number of aliphatic imine (C=N–C) groups is 1. The van der Waals surface area contributed by atoms with Gasteiger partial charge in [-0.1, -0.05) is 26.0 Å². The first-order chi connectivity index (χ1) is 13.9. The minimum atomic E-state index is -0.258. The van der Waals surface area contributed by atoms with Crippen molar-refractivity contribution < 1.29 is 14.3 Å². The summed E-state index contributed by atoms with van der Waals surface area (Å²) >= 11 is 0. The summed E-state index contributed by atoms with van der Waals surface area (Å²) in [5, 5.41) is 6.31. The van der Waals surface area contributed by atoms with Crippen LogP contribution in [0.2, 0.25) is 0 Å². The first kappa shape index (κ1) is 22.5. The van der Waals surface area contributed by atoms with E-state index in [1.54, 1.807) is 11.9 Å². The Morgan fingerprint density at radius 2 is 1.86 bits per heavy atom. The molecule has 0 spiro atoms. The van der Waals surface area contributed by atoms with Crippen LogP contribution >= 0.6 is 0 Å². The smallest absolute Gasteiger partial charge is 0.409 e. The van der Waals surface area contributed by atoms with Gasteiger partial charge in [0.25, 0.3) is 0 Å². The highest BCUT2D eigenvalue weighted by molar-refractivity contribution is 5.90. The molecule has 0 atom stereocenters. The molecule has 1 saturated heterocycles. The lowest BCUT2D eigenvalue weighted by Gasteiger charge is -2.35. The van der Waals surface area contributed by atoms with E-state index < -0.39 is 0 Å². The molecule has 8 nitrogen and oxygen atoms in total. The molecular weight excluding hydrogens is 370 g/mol. The molecule has 0 saturated carbocycles. The van der Waals surface area contributed by atoms with Gasteiger partial charge in [-0.3, -0.25) is 9.79 Å². The molecule has 2 rings (SSSR count). The number of benzene rings is 1. The van der Waals surface area contributed by atoms with Gasteiger partial charge >= 0.3 is 6.09 Å².